The van der Waals surface area contributed by atoms with Crippen molar-refractivity contribution >= 4 is 75.4 Å². The van der Waals surface area contributed by atoms with Gasteiger partial charge in [0.15, 0.2) is 0 Å². The van der Waals surface area contributed by atoms with E-state index in [-0.39, 0.29) is 0 Å². The van der Waals surface area contributed by atoms with E-state index in [9.17, 15) is 0 Å². The van der Waals surface area contributed by atoms with Crippen LogP contribution in [0.3, 0.4) is 0 Å². The van der Waals surface area contributed by atoms with Crippen LogP contribution in [0.4, 0.5) is 0 Å². The van der Waals surface area contributed by atoms with E-state index in [1.165, 1.54) is 176 Å². The molecule has 18 rings (SSSR count). The van der Waals surface area contributed by atoms with Gasteiger partial charge in [0.25, 0.3) is 0 Å². The van der Waals surface area contributed by atoms with Gasteiger partial charge in [-0.15, -0.1) is 0 Å². The zero-order valence-electron chi connectivity index (χ0n) is 51.8. The SMILES string of the molecule is c1ccc(-c2ccccc2-c2c3ccccc3c(-c3ccc4ccc(-c5cccc6ccccc56)cc4c3)c3ccccc23)cc1.c1ccc(-c2ccccc2-c2ccc3ccc(-c4c5ccccc5c(-c5ccccc5-c5ccccc5)c5ccccc45)cc3c2)cc1. The molecule has 0 bridgehead atoms. The van der Waals surface area contributed by atoms with E-state index < -0.39 is 0 Å². The van der Waals surface area contributed by atoms with E-state index in [0.717, 1.165) is 0 Å². The van der Waals surface area contributed by atoms with E-state index in [1.54, 1.807) is 0 Å². The van der Waals surface area contributed by atoms with Gasteiger partial charge in [-0.1, -0.05) is 352 Å². The Bertz CT molecular complexity index is 5780. The second kappa shape index (κ2) is 24.2. The van der Waals surface area contributed by atoms with Crippen molar-refractivity contribution in [2.75, 3.05) is 0 Å². The zero-order chi connectivity index (χ0) is 62.3. The van der Waals surface area contributed by atoms with Gasteiger partial charge >= 0.3 is 0 Å². The minimum atomic E-state index is 1.22. The Kier molecular flexibility index (Phi) is 14.4. The van der Waals surface area contributed by atoms with E-state index in [0.29, 0.717) is 0 Å². The molecular formula is C94H62. The summed E-state index contributed by atoms with van der Waals surface area (Å²) in [4.78, 5) is 0. The topological polar surface area (TPSA) is 0 Å². The second-order valence-electron chi connectivity index (χ2n) is 24.5. The molecule has 0 atom stereocenters. The molecule has 18 aromatic carbocycles. The highest BCUT2D eigenvalue weighted by atomic mass is 14.2. The van der Waals surface area contributed by atoms with Gasteiger partial charge in [0, 0.05) is 0 Å². The summed E-state index contributed by atoms with van der Waals surface area (Å²) in [5.74, 6) is 0. The molecule has 94 heavy (non-hydrogen) atoms. The third-order valence-electron chi connectivity index (χ3n) is 19.1. The molecule has 0 N–H and O–H groups in total. The summed E-state index contributed by atoms with van der Waals surface area (Å²) >= 11 is 0. The standard InChI is InChI=1S/C48H32.C46H30/c1-3-15-34(16-4-1)39-19-7-8-21-41(39)36-29-27-33-28-30-37(32-38(33)31-36)47-43-23-11-13-25-45(43)48(46-26-14-12-24-44(46)47)42-22-10-9-20-40(42)35-17-5-2-6-18-35;1-2-13-32(14-3-1)38-18-6-7-19-40(38)46-43-22-10-8-20-41(43)45(42-21-9-11-23-44(42)46)35-28-26-31-25-27-34(29-36(31)30-35)39-24-12-16-33-15-4-5-17-37(33)39/h1-32H;1-30H. The van der Waals surface area contributed by atoms with Gasteiger partial charge in [0.2, 0.25) is 0 Å². The fourth-order valence-electron chi connectivity index (χ4n) is 14.8. The van der Waals surface area contributed by atoms with Crippen molar-refractivity contribution in [3.8, 4) is 100 Å². The molecule has 0 fully saturated rings. The first-order valence-electron chi connectivity index (χ1n) is 32.5. The van der Waals surface area contributed by atoms with Crippen LogP contribution in [0.2, 0.25) is 0 Å². The number of rotatable bonds is 9. The lowest BCUT2D eigenvalue weighted by Crippen LogP contribution is -1.92. The first-order valence-corrected chi connectivity index (χ1v) is 32.5. The predicted octanol–water partition coefficient (Wildman–Crippen LogP) is 26.4. The molecule has 0 radical (unpaired) electrons. The minimum absolute atomic E-state index is 1.22. The zero-order valence-corrected chi connectivity index (χ0v) is 51.8. The molecule has 438 valence electrons. The number of hydrogen-bond acceptors (Lipinski definition) is 0. The lowest BCUT2D eigenvalue weighted by molar-refractivity contribution is 1.59. The Hall–Kier alpha value is -12.2. The third-order valence-corrected chi connectivity index (χ3v) is 19.1. The highest BCUT2D eigenvalue weighted by molar-refractivity contribution is 6.24. The fraction of sp³-hybridized carbons (Fsp3) is 0. The van der Waals surface area contributed by atoms with Gasteiger partial charge in [0.05, 0.1) is 0 Å². The molecule has 0 heteroatoms. The van der Waals surface area contributed by atoms with Crippen molar-refractivity contribution in [2.45, 2.75) is 0 Å². The van der Waals surface area contributed by atoms with E-state index in [4.69, 9.17) is 0 Å². The van der Waals surface area contributed by atoms with Crippen LogP contribution in [-0.4, -0.2) is 0 Å². The summed E-state index contributed by atoms with van der Waals surface area (Å²) in [5.41, 5.74) is 22.5. The molecule has 0 amide bonds. The van der Waals surface area contributed by atoms with Gasteiger partial charge in [-0.25, -0.2) is 0 Å². The third kappa shape index (κ3) is 10.1. The molecule has 0 aliphatic rings. The fourth-order valence-corrected chi connectivity index (χ4v) is 14.8. The molecule has 0 aromatic heterocycles. The Morgan fingerprint density at radius 2 is 0.351 bits per heavy atom. The smallest absolute Gasteiger partial charge is 0.00201 e. The van der Waals surface area contributed by atoms with Crippen molar-refractivity contribution < 1.29 is 0 Å². The maximum Gasteiger partial charge on any atom is -0.00201 e. The summed E-state index contributed by atoms with van der Waals surface area (Å²) in [7, 11) is 0. The van der Waals surface area contributed by atoms with Crippen LogP contribution in [0.15, 0.2) is 376 Å². The average Bonchev–Trinajstić information content (AvgIpc) is 0.741. The van der Waals surface area contributed by atoms with Crippen LogP contribution in [-0.2, 0) is 0 Å². The average molecular weight is 1190 g/mol. The molecule has 0 aliphatic carbocycles. The Morgan fingerprint density at radius 1 is 0.106 bits per heavy atom. The van der Waals surface area contributed by atoms with Crippen LogP contribution in [0.1, 0.15) is 0 Å². The van der Waals surface area contributed by atoms with Crippen molar-refractivity contribution in [1.29, 1.82) is 0 Å². The highest BCUT2D eigenvalue weighted by Gasteiger charge is 2.22. The molecule has 0 nitrogen and oxygen atoms in total. The molecule has 0 spiro atoms. The van der Waals surface area contributed by atoms with Crippen LogP contribution >= 0.6 is 0 Å². The molecule has 0 aliphatic heterocycles. The van der Waals surface area contributed by atoms with Gasteiger partial charge in [-0.05, 0) is 200 Å². The summed E-state index contributed by atoms with van der Waals surface area (Å²) in [6.07, 6.45) is 0. The molecule has 0 heterocycles. The number of hydrogen-bond donors (Lipinski definition) is 0. The normalized spacial score (nSPS) is 11.4. The van der Waals surface area contributed by atoms with E-state index >= 15 is 0 Å². The Labute approximate surface area is 548 Å². The first-order chi connectivity index (χ1) is 46.7. The summed E-state index contributed by atoms with van der Waals surface area (Å²) in [6, 6.07) is 137. The van der Waals surface area contributed by atoms with Gasteiger partial charge < -0.3 is 0 Å². The second-order valence-corrected chi connectivity index (χ2v) is 24.5. The summed E-state index contributed by atoms with van der Waals surface area (Å²) in [5, 5.41) is 17.6. The van der Waals surface area contributed by atoms with Crippen molar-refractivity contribution in [1.82, 2.24) is 0 Å². The van der Waals surface area contributed by atoms with Crippen LogP contribution in [0.25, 0.3) is 176 Å². The number of fused-ring (bicyclic) bond motifs is 7. The van der Waals surface area contributed by atoms with E-state index in [1.807, 2.05) is 0 Å². The molecule has 0 unspecified atom stereocenters. The maximum absolute atomic E-state index is 2.38. The number of benzene rings is 18. The summed E-state index contributed by atoms with van der Waals surface area (Å²) < 4.78 is 0. The predicted molar refractivity (Wildman–Crippen MR) is 404 cm³/mol. The quantitative estimate of drug-likeness (QED) is 0.126. The summed E-state index contributed by atoms with van der Waals surface area (Å²) in [6.45, 7) is 0. The largest absolute Gasteiger partial charge is 0.0622 e. The van der Waals surface area contributed by atoms with Gasteiger partial charge in [-0.3, -0.25) is 0 Å². The first kappa shape index (κ1) is 55.8. The van der Waals surface area contributed by atoms with Gasteiger partial charge in [0.1, 0.15) is 0 Å². The van der Waals surface area contributed by atoms with Crippen molar-refractivity contribution in [3.05, 3.63) is 376 Å². The van der Waals surface area contributed by atoms with E-state index in [2.05, 4.69) is 376 Å². The van der Waals surface area contributed by atoms with Crippen molar-refractivity contribution in [2.24, 2.45) is 0 Å². The lowest BCUT2D eigenvalue weighted by Gasteiger charge is -2.20. The van der Waals surface area contributed by atoms with Crippen LogP contribution < -0.4 is 0 Å². The van der Waals surface area contributed by atoms with Crippen LogP contribution in [0, 0.1) is 0 Å². The molecule has 0 saturated carbocycles. The Morgan fingerprint density at radius 3 is 0.734 bits per heavy atom. The molecular weight excluding hydrogens is 1130 g/mol. The highest BCUT2D eigenvalue weighted by Crippen LogP contribution is 2.49. The van der Waals surface area contributed by atoms with Crippen LogP contribution in [0.5, 0.6) is 0 Å². The minimum Gasteiger partial charge on any atom is -0.0622 e. The monoisotopic (exact) mass is 1190 g/mol. The Balaban J connectivity index is 0.000000143. The lowest BCUT2D eigenvalue weighted by atomic mass is 9.83. The van der Waals surface area contributed by atoms with Gasteiger partial charge in [-0.2, -0.15) is 0 Å². The molecule has 0 saturated heterocycles. The maximum atomic E-state index is 2.38. The van der Waals surface area contributed by atoms with Crippen molar-refractivity contribution in [3.63, 3.8) is 0 Å². The molecule has 18 aromatic rings.